The number of rotatable bonds is 11. The Balaban J connectivity index is 1.80. The van der Waals surface area contributed by atoms with Gasteiger partial charge in [0, 0.05) is 46.6 Å². The first-order valence-electron chi connectivity index (χ1n) is 12.4. The Hall–Kier alpha value is -2.76. The molecule has 3 aromatic rings. The van der Waals surface area contributed by atoms with Crippen LogP contribution in [0.2, 0.25) is 10.0 Å². The summed E-state index contributed by atoms with van der Waals surface area (Å²) in [6, 6.07) is 18.5. The number of carbonyl (C=O) groups excluding carboxylic acids is 2. The average molecular weight is 529 g/mol. The number of benzene rings is 2. The summed E-state index contributed by atoms with van der Waals surface area (Å²) in [5.74, 6) is 0.0442. The predicted octanol–water partition coefficient (Wildman–Crippen LogP) is 6.77. The van der Waals surface area contributed by atoms with Gasteiger partial charge < -0.3 is 14.4 Å². The topological polar surface area (TPSA) is 45.6 Å². The van der Waals surface area contributed by atoms with Gasteiger partial charge in [0.25, 0.3) is 5.91 Å². The van der Waals surface area contributed by atoms with Crippen LogP contribution < -0.4 is 0 Å². The zero-order valence-electron chi connectivity index (χ0n) is 21.5. The second-order valence-electron chi connectivity index (χ2n) is 9.58. The van der Waals surface area contributed by atoms with Crippen molar-refractivity contribution in [2.75, 3.05) is 13.1 Å². The monoisotopic (exact) mass is 527 g/mol. The Bertz CT molecular complexity index is 1160. The van der Waals surface area contributed by atoms with Crippen LogP contribution in [0, 0.1) is 5.92 Å². The van der Waals surface area contributed by atoms with Gasteiger partial charge in [-0.25, -0.2) is 0 Å². The molecule has 0 spiro atoms. The van der Waals surface area contributed by atoms with Crippen LogP contribution in [0.15, 0.2) is 66.9 Å². The average Bonchev–Trinajstić information content (AvgIpc) is 3.29. The molecular weight excluding hydrogens is 493 g/mol. The number of aromatic nitrogens is 1. The van der Waals surface area contributed by atoms with E-state index in [9.17, 15) is 9.59 Å². The van der Waals surface area contributed by atoms with Gasteiger partial charge in [-0.15, -0.1) is 0 Å². The normalized spacial score (nSPS) is 12.0. The van der Waals surface area contributed by atoms with E-state index < -0.39 is 0 Å². The lowest BCUT2D eigenvalue weighted by atomic mass is 10.1. The standard InChI is InChI=1S/C29H35Cl2N3O2/c1-5-22(4)34(29(36)23-12-14-25(30)15-13-23)20-28(35)33(17-21(2)3)19-26-10-8-16-32(26)18-24-9-6-7-11-27(24)31/h6-16,21-22H,5,17-20H2,1-4H3. The molecule has 192 valence electrons. The van der Waals surface area contributed by atoms with Crippen molar-refractivity contribution in [2.45, 2.75) is 53.2 Å². The summed E-state index contributed by atoms with van der Waals surface area (Å²) in [7, 11) is 0. The van der Waals surface area contributed by atoms with Gasteiger partial charge in [0.1, 0.15) is 6.54 Å². The molecule has 1 heterocycles. The van der Waals surface area contributed by atoms with Gasteiger partial charge in [0.2, 0.25) is 5.91 Å². The maximum absolute atomic E-state index is 13.6. The fraction of sp³-hybridized carbons (Fsp3) is 0.379. The van der Waals surface area contributed by atoms with E-state index in [0.717, 1.165) is 22.7 Å². The molecule has 2 amide bonds. The highest BCUT2D eigenvalue weighted by atomic mass is 35.5. The summed E-state index contributed by atoms with van der Waals surface area (Å²) < 4.78 is 2.12. The van der Waals surface area contributed by atoms with Crippen LogP contribution in [-0.4, -0.2) is 45.3 Å². The van der Waals surface area contributed by atoms with E-state index in [1.807, 2.05) is 61.3 Å². The molecule has 0 fully saturated rings. The van der Waals surface area contributed by atoms with Gasteiger partial charge in [0.15, 0.2) is 0 Å². The molecule has 0 radical (unpaired) electrons. The molecule has 0 N–H and O–H groups in total. The summed E-state index contributed by atoms with van der Waals surface area (Å²) >= 11 is 12.4. The summed E-state index contributed by atoms with van der Waals surface area (Å²) in [4.78, 5) is 30.5. The highest BCUT2D eigenvalue weighted by molar-refractivity contribution is 6.31. The maximum atomic E-state index is 13.6. The van der Waals surface area contributed by atoms with Crippen LogP contribution in [0.1, 0.15) is 55.7 Å². The molecule has 5 nitrogen and oxygen atoms in total. The Morgan fingerprint density at radius 2 is 1.64 bits per heavy atom. The first-order chi connectivity index (χ1) is 17.2. The molecule has 1 atom stereocenters. The Morgan fingerprint density at radius 1 is 0.944 bits per heavy atom. The highest BCUT2D eigenvalue weighted by Crippen LogP contribution is 2.19. The first-order valence-corrected chi connectivity index (χ1v) is 13.2. The molecular formula is C29H35Cl2N3O2. The van der Waals surface area contributed by atoms with E-state index >= 15 is 0 Å². The Labute approximate surface area is 224 Å². The number of hydrogen-bond acceptors (Lipinski definition) is 2. The molecule has 2 aromatic carbocycles. The summed E-state index contributed by atoms with van der Waals surface area (Å²) in [6.45, 7) is 9.88. The number of nitrogens with zero attached hydrogens (tertiary/aromatic N) is 3. The van der Waals surface area contributed by atoms with Crippen LogP contribution in [-0.2, 0) is 17.9 Å². The van der Waals surface area contributed by atoms with Crippen molar-refractivity contribution in [3.8, 4) is 0 Å². The van der Waals surface area contributed by atoms with Gasteiger partial charge in [-0.05, 0) is 67.3 Å². The minimum Gasteiger partial charge on any atom is -0.345 e. The van der Waals surface area contributed by atoms with Crippen LogP contribution in [0.25, 0.3) is 0 Å². The van der Waals surface area contributed by atoms with E-state index in [2.05, 4.69) is 18.4 Å². The second-order valence-corrected chi connectivity index (χ2v) is 10.4. The van der Waals surface area contributed by atoms with Crippen molar-refractivity contribution in [1.82, 2.24) is 14.4 Å². The maximum Gasteiger partial charge on any atom is 0.254 e. The lowest BCUT2D eigenvalue weighted by Gasteiger charge is -2.32. The van der Waals surface area contributed by atoms with Crippen molar-refractivity contribution in [3.05, 3.63) is 93.7 Å². The molecule has 7 heteroatoms. The SMILES string of the molecule is CCC(C)N(CC(=O)N(Cc1cccn1Cc1ccccc1Cl)CC(C)C)C(=O)c1ccc(Cl)cc1. The van der Waals surface area contributed by atoms with Crippen molar-refractivity contribution >= 4 is 35.0 Å². The van der Waals surface area contributed by atoms with Crippen LogP contribution in [0.3, 0.4) is 0 Å². The van der Waals surface area contributed by atoms with E-state index in [0.29, 0.717) is 30.2 Å². The molecule has 0 aliphatic carbocycles. The van der Waals surface area contributed by atoms with Crippen molar-refractivity contribution in [3.63, 3.8) is 0 Å². The summed E-state index contributed by atoms with van der Waals surface area (Å²) in [5, 5.41) is 1.29. The molecule has 0 saturated heterocycles. The number of amides is 2. The van der Waals surface area contributed by atoms with Crippen LogP contribution in [0.4, 0.5) is 0 Å². The zero-order chi connectivity index (χ0) is 26.2. The van der Waals surface area contributed by atoms with Gasteiger partial charge in [-0.3, -0.25) is 9.59 Å². The smallest absolute Gasteiger partial charge is 0.254 e. The molecule has 1 unspecified atom stereocenters. The molecule has 0 bridgehead atoms. The zero-order valence-corrected chi connectivity index (χ0v) is 23.0. The van der Waals surface area contributed by atoms with Crippen LogP contribution in [0.5, 0.6) is 0 Å². The van der Waals surface area contributed by atoms with E-state index in [1.54, 1.807) is 29.2 Å². The van der Waals surface area contributed by atoms with Gasteiger partial charge in [-0.2, -0.15) is 0 Å². The predicted molar refractivity (Wildman–Crippen MR) is 147 cm³/mol. The molecule has 0 aliphatic rings. The highest BCUT2D eigenvalue weighted by Gasteiger charge is 2.26. The molecule has 0 saturated carbocycles. The van der Waals surface area contributed by atoms with E-state index in [4.69, 9.17) is 23.2 Å². The van der Waals surface area contributed by atoms with Crippen LogP contribution >= 0.6 is 23.2 Å². The van der Waals surface area contributed by atoms with Crippen molar-refractivity contribution in [2.24, 2.45) is 5.92 Å². The Kier molecular flexibility index (Phi) is 10.0. The summed E-state index contributed by atoms with van der Waals surface area (Å²) in [5.41, 5.74) is 2.56. The first kappa shape index (κ1) is 27.8. The second kappa shape index (κ2) is 13.0. The van der Waals surface area contributed by atoms with E-state index in [-0.39, 0.29) is 30.3 Å². The fourth-order valence-electron chi connectivity index (χ4n) is 4.10. The third kappa shape index (κ3) is 7.37. The molecule has 1 aromatic heterocycles. The minimum atomic E-state index is -0.166. The fourth-order valence-corrected chi connectivity index (χ4v) is 4.42. The largest absolute Gasteiger partial charge is 0.345 e. The van der Waals surface area contributed by atoms with Crippen molar-refractivity contribution < 1.29 is 9.59 Å². The number of halogens is 2. The minimum absolute atomic E-state index is 0.0222. The molecule has 3 rings (SSSR count). The van der Waals surface area contributed by atoms with Gasteiger partial charge in [0.05, 0.1) is 6.54 Å². The third-order valence-corrected chi connectivity index (χ3v) is 6.91. The lowest BCUT2D eigenvalue weighted by molar-refractivity contribution is -0.133. The summed E-state index contributed by atoms with van der Waals surface area (Å²) in [6.07, 6.45) is 2.75. The van der Waals surface area contributed by atoms with Gasteiger partial charge in [-0.1, -0.05) is 62.2 Å². The molecule has 0 aliphatic heterocycles. The van der Waals surface area contributed by atoms with Crippen molar-refractivity contribution in [1.29, 1.82) is 0 Å². The number of carbonyl (C=O) groups is 2. The van der Waals surface area contributed by atoms with Gasteiger partial charge >= 0.3 is 0 Å². The quantitative estimate of drug-likeness (QED) is 0.276. The Morgan fingerprint density at radius 3 is 2.28 bits per heavy atom. The molecule has 36 heavy (non-hydrogen) atoms. The number of hydrogen-bond donors (Lipinski definition) is 0. The lowest BCUT2D eigenvalue weighted by Crippen LogP contribution is -2.47. The third-order valence-electron chi connectivity index (χ3n) is 6.29. The van der Waals surface area contributed by atoms with E-state index in [1.165, 1.54) is 0 Å².